The van der Waals surface area contributed by atoms with Crippen molar-refractivity contribution in [2.45, 2.75) is 25.8 Å². The van der Waals surface area contributed by atoms with E-state index in [2.05, 4.69) is 12.2 Å². The Hall–Kier alpha value is 0.230. The highest BCUT2D eigenvalue weighted by molar-refractivity contribution is 7.99. The Balaban J connectivity index is 3.33. The lowest BCUT2D eigenvalue weighted by atomic mass is 10.2. The van der Waals surface area contributed by atoms with Crippen molar-refractivity contribution >= 4 is 11.8 Å². The second kappa shape index (κ2) is 10.3. The number of rotatable bonds is 9. The van der Waals surface area contributed by atoms with E-state index in [0.717, 1.165) is 30.9 Å². The largest absolute Gasteiger partial charge is 0.396 e. The van der Waals surface area contributed by atoms with Gasteiger partial charge in [-0.05, 0) is 25.1 Å². The normalized spacial score (nSPS) is 13.2. The molecule has 0 aliphatic rings. The third kappa shape index (κ3) is 8.56. The lowest BCUT2D eigenvalue weighted by Gasteiger charge is -2.15. The molecule has 0 saturated heterocycles. The average Bonchev–Trinajstić information content (AvgIpc) is 2.13. The van der Waals surface area contributed by atoms with Crippen molar-refractivity contribution in [2.75, 3.05) is 31.3 Å². The minimum Gasteiger partial charge on any atom is -0.396 e. The van der Waals surface area contributed by atoms with Gasteiger partial charge in [0.05, 0.1) is 0 Å². The molecule has 3 N–H and O–H groups in total. The van der Waals surface area contributed by atoms with Crippen molar-refractivity contribution in [2.24, 2.45) is 0 Å². The zero-order valence-corrected chi connectivity index (χ0v) is 9.15. The average molecular weight is 207 g/mol. The van der Waals surface area contributed by atoms with Gasteiger partial charge < -0.3 is 15.5 Å². The fourth-order valence-electron chi connectivity index (χ4n) is 1.08. The molecule has 13 heavy (non-hydrogen) atoms. The summed E-state index contributed by atoms with van der Waals surface area (Å²) in [7, 11) is 0. The quantitative estimate of drug-likeness (QED) is 0.481. The van der Waals surface area contributed by atoms with E-state index in [1.165, 1.54) is 0 Å². The van der Waals surface area contributed by atoms with Crippen LogP contribution in [0.15, 0.2) is 0 Å². The van der Waals surface area contributed by atoms with Gasteiger partial charge in [-0.2, -0.15) is 11.8 Å². The highest BCUT2D eigenvalue weighted by Gasteiger charge is 2.05. The Bertz CT molecular complexity index is 97.6. The molecule has 0 aliphatic heterocycles. The van der Waals surface area contributed by atoms with E-state index >= 15 is 0 Å². The summed E-state index contributed by atoms with van der Waals surface area (Å²) in [5.41, 5.74) is 0. The molecule has 0 aromatic rings. The van der Waals surface area contributed by atoms with Gasteiger partial charge in [0, 0.05) is 25.0 Å². The predicted molar refractivity (Wildman–Crippen MR) is 58.2 cm³/mol. The summed E-state index contributed by atoms with van der Waals surface area (Å²) in [6, 6.07) is 0.415. The molecule has 0 bridgehead atoms. The molecule has 80 valence electrons. The Morgan fingerprint density at radius 3 is 2.62 bits per heavy atom. The molecule has 0 aromatic carbocycles. The van der Waals surface area contributed by atoms with Crippen LogP contribution in [0.2, 0.25) is 0 Å². The Morgan fingerprint density at radius 2 is 2.08 bits per heavy atom. The summed E-state index contributed by atoms with van der Waals surface area (Å²) in [4.78, 5) is 0. The summed E-state index contributed by atoms with van der Waals surface area (Å²) in [6.45, 7) is 3.55. The molecule has 4 heteroatoms. The first kappa shape index (κ1) is 13.2. The molecule has 0 fully saturated rings. The molecule has 0 saturated carbocycles. The van der Waals surface area contributed by atoms with Crippen LogP contribution in [0.4, 0.5) is 0 Å². The minimum absolute atomic E-state index is 0.248. The fraction of sp³-hybridized carbons (Fsp3) is 1.00. The third-order valence-electron chi connectivity index (χ3n) is 1.74. The standard InChI is InChI=1S/C9H21NO2S/c1-2-10-9(4-6-12)8-13-7-3-5-11/h9-12H,2-8H2,1H3. The highest BCUT2D eigenvalue weighted by atomic mass is 32.2. The van der Waals surface area contributed by atoms with Gasteiger partial charge in [-0.25, -0.2) is 0 Å². The second-order valence-corrected chi connectivity index (χ2v) is 4.07. The second-order valence-electron chi connectivity index (χ2n) is 2.92. The van der Waals surface area contributed by atoms with Gasteiger partial charge in [-0.3, -0.25) is 0 Å². The number of hydrogen-bond donors (Lipinski definition) is 3. The SMILES string of the molecule is CCNC(CCO)CSCCCO. The first-order chi connectivity index (χ1) is 6.35. The van der Waals surface area contributed by atoms with E-state index in [1.807, 2.05) is 11.8 Å². The molecule has 0 amide bonds. The van der Waals surface area contributed by atoms with E-state index in [-0.39, 0.29) is 13.2 Å². The monoisotopic (exact) mass is 207 g/mol. The van der Waals surface area contributed by atoms with Gasteiger partial charge in [0.15, 0.2) is 0 Å². The predicted octanol–water partition coefficient (Wildman–Crippen LogP) is 0.462. The van der Waals surface area contributed by atoms with Crippen LogP contribution in [0, 0.1) is 0 Å². The van der Waals surface area contributed by atoms with Crippen LogP contribution in [-0.4, -0.2) is 47.5 Å². The first-order valence-electron chi connectivity index (χ1n) is 4.88. The number of hydrogen-bond acceptors (Lipinski definition) is 4. The fourth-order valence-corrected chi connectivity index (χ4v) is 2.15. The maximum atomic E-state index is 8.78. The molecule has 0 heterocycles. The zero-order valence-electron chi connectivity index (χ0n) is 8.33. The van der Waals surface area contributed by atoms with Crippen molar-refractivity contribution in [1.82, 2.24) is 5.32 Å². The Morgan fingerprint density at radius 1 is 1.31 bits per heavy atom. The van der Waals surface area contributed by atoms with Crippen LogP contribution in [-0.2, 0) is 0 Å². The smallest absolute Gasteiger partial charge is 0.0446 e. The molecule has 0 spiro atoms. The number of nitrogens with one attached hydrogen (secondary N) is 1. The van der Waals surface area contributed by atoms with Crippen molar-refractivity contribution in [3.63, 3.8) is 0 Å². The maximum Gasteiger partial charge on any atom is 0.0446 e. The van der Waals surface area contributed by atoms with Crippen molar-refractivity contribution in [3.05, 3.63) is 0 Å². The molecule has 0 aromatic heterocycles. The van der Waals surface area contributed by atoms with E-state index in [1.54, 1.807) is 0 Å². The number of aliphatic hydroxyl groups excluding tert-OH is 2. The van der Waals surface area contributed by atoms with Crippen LogP contribution in [0.5, 0.6) is 0 Å². The molecule has 1 atom stereocenters. The van der Waals surface area contributed by atoms with Gasteiger partial charge in [0.1, 0.15) is 0 Å². The molecular weight excluding hydrogens is 186 g/mol. The Kier molecular flexibility index (Phi) is 10.5. The molecule has 1 unspecified atom stereocenters. The van der Waals surface area contributed by atoms with Gasteiger partial charge in [-0.1, -0.05) is 6.92 Å². The molecular formula is C9H21NO2S. The first-order valence-corrected chi connectivity index (χ1v) is 6.03. The lowest BCUT2D eigenvalue weighted by molar-refractivity contribution is 0.271. The highest BCUT2D eigenvalue weighted by Crippen LogP contribution is 2.06. The minimum atomic E-state index is 0.248. The lowest BCUT2D eigenvalue weighted by Crippen LogP contribution is -2.32. The van der Waals surface area contributed by atoms with E-state index in [9.17, 15) is 0 Å². The molecule has 0 rings (SSSR count). The topological polar surface area (TPSA) is 52.5 Å². The van der Waals surface area contributed by atoms with Gasteiger partial charge in [-0.15, -0.1) is 0 Å². The molecule has 0 aliphatic carbocycles. The van der Waals surface area contributed by atoms with Crippen molar-refractivity contribution in [1.29, 1.82) is 0 Å². The number of aliphatic hydroxyl groups is 2. The van der Waals surface area contributed by atoms with Crippen molar-refractivity contribution < 1.29 is 10.2 Å². The third-order valence-corrected chi connectivity index (χ3v) is 2.95. The van der Waals surface area contributed by atoms with Crippen LogP contribution >= 0.6 is 11.8 Å². The zero-order chi connectivity index (χ0) is 9.94. The van der Waals surface area contributed by atoms with E-state index in [0.29, 0.717) is 6.04 Å². The van der Waals surface area contributed by atoms with Crippen molar-refractivity contribution in [3.8, 4) is 0 Å². The van der Waals surface area contributed by atoms with E-state index in [4.69, 9.17) is 10.2 Å². The Labute approximate surface area is 84.9 Å². The van der Waals surface area contributed by atoms with Crippen LogP contribution in [0.1, 0.15) is 19.8 Å². The summed E-state index contributed by atoms with van der Waals surface area (Å²) < 4.78 is 0. The van der Waals surface area contributed by atoms with Crippen LogP contribution in [0.3, 0.4) is 0 Å². The van der Waals surface area contributed by atoms with Gasteiger partial charge >= 0.3 is 0 Å². The molecule has 0 radical (unpaired) electrons. The van der Waals surface area contributed by atoms with Crippen LogP contribution in [0.25, 0.3) is 0 Å². The summed E-state index contributed by atoms with van der Waals surface area (Å²) in [5.74, 6) is 2.03. The van der Waals surface area contributed by atoms with Crippen LogP contribution < -0.4 is 5.32 Å². The van der Waals surface area contributed by atoms with Gasteiger partial charge in [0.25, 0.3) is 0 Å². The maximum absolute atomic E-state index is 8.78. The van der Waals surface area contributed by atoms with E-state index < -0.39 is 0 Å². The van der Waals surface area contributed by atoms with Gasteiger partial charge in [0.2, 0.25) is 0 Å². The summed E-state index contributed by atoms with van der Waals surface area (Å²) in [5, 5.41) is 20.7. The number of thioether (sulfide) groups is 1. The molecule has 3 nitrogen and oxygen atoms in total. The summed E-state index contributed by atoms with van der Waals surface area (Å²) in [6.07, 6.45) is 1.68. The summed E-state index contributed by atoms with van der Waals surface area (Å²) >= 11 is 1.83.